The summed E-state index contributed by atoms with van der Waals surface area (Å²) in [6.45, 7) is 0. The molecule has 0 atom stereocenters. The standard InChI is InChI=1S/C9H7Cl3O/c10-9(11,12)6-5-7-1-3-8(13)4-2-7/h1-6,13H. The van der Waals surface area contributed by atoms with Crippen molar-refractivity contribution in [3.8, 4) is 5.75 Å². The number of phenols is 1. The summed E-state index contributed by atoms with van der Waals surface area (Å²) in [4.78, 5) is 0. The van der Waals surface area contributed by atoms with Gasteiger partial charge >= 0.3 is 0 Å². The van der Waals surface area contributed by atoms with Gasteiger partial charge in [-0.2, -0.15) is 0 Å². The maximum atomic E-state index is 8.98. The van der Waals surface area contributed by atoms with Crippen molar-refractivity contribution in [1.82, 2.24) is 0 Å². The fourth-order valence-electron chi connectivity index (χ4n) is 0.776. The number of alkyl halides is 3. The molecule has 4 heteroatoms. The van der Waals surface area contributed by atoms with Gasteiger partial charge < -0.3 is 5.11 Å². The van der Waals surface area contributed by atoms with Crippen molar-refractivity contribution in [2.45, 2.75) is 3.79 Å². The molecule has 0 aliphatic rings. The highest BCUT2D eigenvalue weighted by atomic mass is 35.6. The van der Waals surface area contributed by atoms with Gasteiger partial charge in [0.05, 0.1) is 0 Å². The Labute approximate surface area is 91.5 Å². The summed E-state index contributed by atoms with van der Waals surface area (Å²) in [6, 6.07) is 6.58. The molecule has 1 nitrogen and oxygen atoms in total. The molecule has 0 saturated carbocycles. The van der Waals surface area contributed by atoms with E-state index in [1.165, 1.54) is 6.08 Å². The predicted molar refractivity (Wildman–Crippen MR) is 57.4 cm³/mol. The van der Waals surface area contributed by atoms with Gasteiger partial charge in [0.2, 0.25) is 3.79 Å². The zero-order valence-corrected chi connectivity index (χ0v) is 8.81. The minimum atomic E-state index is -1.38. The number of halogens is 3. The van der Waals surface area contributed by atoms with Crippen LogP contribution in [0.3, 0.4) is 0 Å². The Morgan fingerprint density at radius 2 is 1.62 bits per heavy atom. The molecule has 13 heavy (non-hydrogen) atoms. The average molecular weight is 238 g/mol. The summed E-state index contributed by atoms with van der Waals surface area (Å²) in [5.41, 5.74) is 0.865. The highest BCUT2D eigenvalue weighted by Gasteiger charge is 2.13. The first kappa shape index (κ1) is 10.7. The smallest absolute Gasteiger partial charge is 0.209 e. The lowest BCUT2D eigenvalue weighted by Gasteiger charge is -2.02. The molecule has 0 bridgehead atoms. The molecule has 0 fully saturated rings. The Kier molecular flexibility index (Phi) is 3.48. The molecular weight excluding hydrogens is 230 g/mol. The van der Waals surface area contributed by atoms with Crippen LogP contribution < -0.4 is 0 Å². The monoisotopic (exact) mass is 236 g/mol. The van der Waals surface area contributed by atoms with Gasteiger partial charge in [-0.05, 0) is 23.8 Å². The molecule has 0 aliphatic heterocycles. The van der Waals surface area contributed by atoms with Crippen molar-refractivity contribution < 1.29 is 5.11 Å². The van der Waals surface area contributed by atoms with E-state index in [0.29, 0.717) is 0 Å². The molecule has 0 radical (unpaired) electrons. The number of phenolic OH excluding ortho intramolecular Hbond substituents is 1. The van der Waals surface area contributed by atoms with Crippen molar-refractivity contribution in [2.24, 2.45) is 0 Å². The van der Waals surface area contributed by atoms with Crippen LogP contribution in [0.1, 0.15) is 5.56 Å². The van der Waals surface area contributed by atoms with Crippen LogP contribution in [0.5, 0.6) is 5.75 Å². The Balaban J connectivity index is 2.75. The fourth-order valence-corrected chi connectivity index (χ4v) is 0.965. The molecule has 1 N–H and O–H groups in total. The first-order chi connectivity index (χ1) is 5.97. The largest absolute Gasteiger partial charge is 0.508 e. The maximum absolute atomic E-state index is 8.98. The van der Waals surface area contributed by atoms with Gasteiger partial charge in [0.25, 0.3) is 0 Å². The summed E-state index contributed by atoms with van der Waals surface area (Å²) in [5.74, 6) is 0.214. The first-order valence-electron chi connectivity index (χ1n) is 3.52. The molecular formula is C9H7Cl3O. The minimum absolute atomic E-state index is 0.214. The lowest BCUT2D eigenvalue weighted by atomic mass is 10.2. The zero-order valence-electron chi connectivity index (χ0n) is 6.55. The minimum Gasteiger partial charge on any atom is -0.508 e. The van der Waals surface area contributed by atoms with Crippen LogP contribution in [-0.4, -0.2) is 8.90 Å². The average Bonchev–Trinajstić information content (AvgIpc) is 2.02. The number of aromatic hydroxyl groups is 1. The SMILES string of the molecule is Oc1ccc(C=CC(Cl)(Cl)Cl)cc1. The quantitative estimate of drug-likeness (QED) is 0.737. The van der Waals surface area contributed by atoms with Gasteiger partial charge in [0.15, 0.2) is 0 Å². The van der Waals surface area contributed by atoms with E-state index in [9.17, 15) is 0 Å². The molecule has 0 amide bonds. The third-order valence-electron chi connectivity index (χ3n) is 1.36. The number of rotatable bonds is 1. The number of allylic oxidation sites excluding steroid dienone is 1. The van der Waals surface area contributed by atoms with Crippen molar-refractivity contribution in [3.63, 3.8) is 0 Å². The normalized spacial score (nSPS) is 12.2. The summed E-state index contributed by atoms with van der Waals surface area (Å²) in [6.07, 6.45) is 3.12. The Morgan fingerprint density at radius 1 is 1.08 bits per heavy atom. The van der Waals surface area contributed by atoms with E-state index in [4.69, 9.17) is 39.9 Å². The van der Waals surface area contributed by atoms with Gasteiger partial charge in [0, 0.05) is 0 Å². The lowest BCUT2D eigenvalue weighted by Crippen LogP contribution is -1.93. The highest BCUT2D eigenvalue weighted by molar-refractivity contribution is 6.69. The van der Waals surface area contributed by atoms with Crippen LogP contribution in [0.25, 0.3) is 6.08 Å². The van der Waals surface area contributed by atoms with Crippen LogP contribution in [0.4, 0.5) is 0 Å². The summed E-state index contributed by atoms with van der Waals surface area (Å²) >= 11 is 16.5. The van der Waals surface area contributed by atoms with E-state index in [2.05, 4.69) is 0 Å². The molecule has 0 aliphatic carbocycles. The van der Waals surface area contributed by atoms with Crippen molar-refractivity contribution in [2.75, 3.05) is 0 Å². The van der Waals surface area contributed by atoms with Crippen LogP contribution in [0.2, 0.25) is 0 Å². The van der Waals surface area contributed by atoms with E-state index >= 15 is 0 Å². The molecule has 0 spiro atoms. The van der Waals surface area contributed by atoms with Crippen LogP contribution in [0, 0.1) is 0 Å². The second-order valence-corrected chi connectivity index (χ2v) is 4.84. The molecule has 1 aromatic carbocycles. The molecule has 0 saturated heterocycles. The first-order valence-corrected chi connectivity index (χ1v) is 4.66. The van der Waals surface area contributed by atoms with Crippen molar-refractivity contribution in [3.05, 3.63) is 35.9 Å². The molecule has 1 aromatic rings. The van der Waals surface area contributed by atoms with E-state index in [1.807, 2.05) is 0 Å². The third kappa shape index (κ3) is 4.41. The molecule has 0 heterocycles. The second kappa shape index (κ2) is 4.23. The lowest BCUT2D eigenvalue weighted by molar-refractivity contribution is 0.475. The number of hydrogen-bond acceptors (Lipinski definition) is 1. The third-order valence-corrected chi connectivity index (χ3v) is 1.74. The van der Waals surface area contributed by atoms with Gasteiger partial charge in [-0.3, -0.25) is 0 Å². The van der Waals surface area contributed by atoms with Crippen LogP contribution >= 0.6 is 34.8 Å². The van der Waals surface area contributed by atoms with E-state index in [1.54, 1.807) is 30.3 Å². The van der Waals surface area contributed by atoms with Crippen LogP contribution in [-0.2, 0) is 0 Å². The summed E-state index contributed by atoms with van der Waals surface area (Å²) < 4.78 is -1.38. The molecule has 0 unspecified atom stereocenters. The van der Waals surface area contributed by atoms with Crippen molar-refractivity contribution in [1.29, 1.82) is 0 Å². The fraction of sp³-hybridized carbons (Fsp3) is 0.111. The maximum Gasteiger partial charge on any atom is 0.209 e. The topological polar surface area (TPSA) is 20.2 Å². The zero-order chi connectivity index (χ0) is 9.90. The summed E-state index contributed by atoms with van der Waals surface area (Å²) in [5, 5.41) is 8.98. The Bertz CT molecular complexity index is 298. The van der Waals surface area contributed by atoms with E-state index in [0.717, 1.165) is 5.56 Å². The highest BCUT2D eigenvalue weighted by Crippen LogP contribution is 2.28. The predicted octanol–water partition coefficient (Wildman–Crippen LogP) is 3.78. The van der Waals surface area contributed by atoms with Crippen LogP contribution in [0.15, 0.2) is 30.3 Å². The molecule has 70 valence electrons. The van der Waals surface area contributed by atoms with Gasteiger partial charge in [-0.1, -0.05) is 53.0 Å². The number of hydrogen-bond donors (Lipinski definition) is 1. The van der Waals surface area contributed by atoms with Crippen molar-refractivity contribution >= 4 is 40.9 Å². The van der Waals surface area contributed by atoms with E-state index < -0.39 is 3.79 Å². The molecule has 0 aromatic heterocycles. The van der Waals surface area contributed by atoms with Gasteiger partial charge in [-0.15, -0.1) is 0 Å². The second-order valence-electron chi connectivity index (χ2n) is 2.47. The Morgan fingerprint density at radius 3 is 2.08 bits per heavy atom. The van der Waals surface area contributed by atoms with Gasteiger partial charge in [0.1, 0.15) is 5.75 Å². The number of benzene rings is 1. The Hall–Kier alpha value is -0.370. The summed E-state index contributed by atoms with van der Waals surface area (Å²) in [7, 11) is 0. The molecule has 1 rings (SSSR count). The van der Waals surface area contributed by atoms with E-state index in [-0.39, 0.29) is 5.75 Å². The van der Waals surface area contributed by atoms with Gasteiger partial charge in [-0.25, -0.2) is 0 Å².